The van der Waals surface area contributed by atoms with E-state index in [-0.39, 0.29) is 10.8 Å². The number of benzene rings is 2. The number of para-hydroxylation sites is 1. The molecule has 2 aromatic carbocycles. The molecule has 0 aliphatic carbocycles. The van der Waals surface area contributed by atoms with E-state index in [4.69, 9.17) is 5.11 Å². The standard InChI is InChI=1S/C19H18N2O4S/c22-19(23)15-11-20(12-15)10-14-13-21(18-9-5-4-8-17(14)18)26(24,25)16-6-2-1-3-7-16/h1-9,13,15H,10-12H2,(H,22,23). The quantitative estimate of drug-likeness (QED) is 0.746. The molecule has 4 rings (SSSR count). The predicted molar refractivity (Wildman–Crippen MR) is 97.4 cm³/mol. The lowest BCUT2D eigenvalue weighted by atomic mass is 9.99. The zero-order chi connectivity index (χ0) is 18.3. The summed E-state index contributed by atoms with van der Waals surface area (Å²) in [5.74, 6) is -1.12. The van der Waals surface area contributed by atoms with Gasteiger partial charge in [0.1, 0.15) is 0 Å². The molecule has 2 heterocycles. The molecule has 134 valence electrons. The van der Waals surface area contributed by atoms with Gasteiger partial charge in [0, 0.05) is 31.2 Å². The monoisotopic (exact) mass is 370 g/mol. The predicted octanol–water partition coefficient (Wildman–Crippen LogP) is 2.39. The minimum atomic E-state index is -3.69. The number of rotatable bonds is 5. The van der Waals surface area contributed by atoms with Crippen LogP contribution in [0, 0.1) is 5.92 Å². The smallest absolute Gasteiger partial charge is 0.309 e. The van der Waals surface area contributed by atoms with Crippen molar-refractivity contribution in [3.63, 3.8) is 0 Å². The first-order valence-corrected chi connectivity index (χ1v) is 9.75. The summed E-state index contributed by atoms with van der Waals surface area (Å²) in [4.78, 5) is 13.2. The van der Waals surface area contributed by atoms with E-state index < -0.39 is 16.0 Å². The molecular formula is C19H18N2O4S. The van der Waals surface area contributed by atoms with Crippen LogP contribution < -0.4 is 0 Å². The Labute approximate surface area is 151 Å². The van der Waals surface area contributed by atoms with Gasteiger partial charge >= 0.3 is 5.97 Å². The summed E-state index contributed by atoms with van der Waals surface area (Å²) >= 11 is 0. The lowest BCUT2D eigenvalue weighted by Crippen LogP contribution is -2.49. The van der Waals surface area contributed by atoms with Crippen molar-refractivity contribution >= 4 is 26.9 Å². The van der Waals surface area contributed by atoms with Gasteiger partial charge < -0.3 is 5.11 Å². The number of fused-ring (bicyclic) bond motifs is 1. The van der Waals surface area contributed by atoms with Gasteiger partial charge in [0.05, 0.1) is 16.3 Å². The second kappa shape index (κ2) is 6.26. The maximum Gasteiger partial charge on any atom is 0.309 e. The summed E-state index contributed by atoms with van der Waals surface area (Å²) in [5.41, 5.74) is 1.51. The highest BCUT2D eigenvalue weighted by molar-refractivity contribution is 7.90. The summed E-state index contributed by atoms with van der Waals surface area (Å²) in [5, 5.41) is 9.88. The fraction of sp³-hybridized carbons (Fsp3) is 0.211. The van der Waals surface area contributed by atoms with Crippen molar-refractivity contribution < 1.29 is 18.3 Å². The van der Waals surface area contributed by atoms with E-state index in [0.717, 1.165) is 10.9 Å². The van der Waals surface area contributed by atoms with Crippen LogP contribution in [0.2, 0.25) is 0 Å². The van der Waals surface area contributed by atoms with E-state index in [1.807, 2.05) is 23.1 Å². The minimum absolute atomic E-state index is 0.238. The first-order valence-electron chi connectivity index (χ1n) is 8.31. The second-order valence-electron chi connectivity index (χ2n) is 6.51. The number of carboxylic acid groups (broad SMARTS) is 1. The van der Waals surface area contributed by atoms with Gasteiger partial charge in [0.25, 0.3) is 10.0 Å². The van der Waals surface area contributed by atoms with Crippen molar-refractivity contribution in [2.24, 2.45) is 5.92 Å². The number of likely N-dealkylation sites (tertiary alicyclic amines) is 1. The highest BCUT2D eigenvalue weighted by Crippen LogP contribution is 2.28. The molecule has 0 amide bonds. The van der Waals surface area contributed by atoms with Crippen LogP contribution in [0.15, 0.2) is 65.7 Å². The molecule has 1 N–H and O–H groups in total. The SMILES string of the molecule is O=C(O)C1CN(Cc2cn(S(=O)(=O)c3ccccc3)c3ccccc23)C1. The molecule has 7 heteroatoms. The topological polar surface area (TPSA) is 79.6 Å². The van der Waals surface area contributed by atoms with Gasteiger partial charge in [-0.25, -0.2) is 12.4 Å². The number of nitrogens with zero attached hydrogens (tertiary/aromatic N) is 2. The maximum absolute atomic E-state index is 13.0. The normalized spacial score (nSPS) is 15.8. The summed E-state index contributed by atoms with van der Waals surface area (Å²) in [6.45, 7) is 1.50. The van der Waals surface area contributed by atoms with Gasteiger partial charge in [-0.2, -0.15) is 0 Å². The fourth-order valence-electron chi connectivity index (χ4n) is 3.34. The summed E-state index contributed by atoms with van der Waals surface area (Å²) in [6, 6.07) is 15.7. The van der Waals surface area contributed by atoms with Gasteiger partial charge in [0.15, 0.2) is 0 Å². The van der Waals surface area contributed by atoms with Crippen molar-refractivity contribution in [2.45, 2.75) is 11.4 Å². The van der Waals surface area contributed by atoms with E-state index in [1.165, 1.54) is 3.97 Å². The van der Waals surface area contributed by atoms with Gasteiger partial charge in [-0.15, -0.1) is 0 Å². The maximum atomic E-state index is 13.0. The van der Waals surface area contributed by atoms with E-state index in [0.29, 0.717) is 25.2 Å². The van der Waals surface area contributed by atoms with E-state index in [9.17, 15) is 13.2 Å². The van der Waals surface area contributed by atoms with Crippen LogP contribution in [0.25, 0.3) is 10.9 Å². The Balaban J connectivity index is 1.72. The van der Waals surface area contributed by atoms with Gasteiger partial charge in [0.2, 0.25) is 0 Å². The molecule has 1 aliphatic rings. The fourth-order valence-corrected chi connectivity index (χ4v) is 4.76. The van der Waals surface area contributed by atoms with Crippen LogP contribution in [-0.4, -0.2) is 41.5 Å². The van der Waals surface area contributed by atoms with E-state index in [1.54, 1.807) is 42.6 Å². The molecule has 0 saturated carbocycles. The Morgan fingerprint density at radius 2 is 1.69 bits per heavy atom. The summed E-state index contributed by atoms with van der Waals surface area (Å²) < 4.78 is 27.4. The molecule has 26 heavy (non-hydrogen) atoms. The highest BCUT2D eigenvalue weighted by atomic mass is 32.2. The molecule has 0 spiro atoms. The molecule has 1 aromatic heterocycles. The first kappa shape index (κ1) is 16.8. The molecule has 0 atom stereocenters. The molecule has 1 aliphatic heterocycles. The summed E-state index contributed by atoms with van der Waals surface area (Å²) in [6.07, 6.45) is 1.65. The number of aromatic nitrogens is 1. The van der Waals surface area contributed by atoms with Crippen LogP contribution in [0.3, 0.4) is 0 Å². The van der Waals surface area contributed by atoms with Crippen molar-refractivity contribution in [1.29, 1.82) is 0 Å². The molecule has 6 nitrogen and oxygen atoms in total. The van der Waals surface area contributed by atoms with Crippen LogP contribution in [0.5, 0.6) is 0 Å². The summed E-state index contributed by atoms with van der Waals surface area (Å²) in [7, 11) is -3.69. The zero-order valence-electron chi connectivity index (χ0n) is 13.9. The average molecular weight is 370 g/mol. The van der Waals surface area contributed by atoms with Gasteiger partial charge in [-0.05, 0) is 23.8 Å². The number of carboxylic acids is 1. The molecule has 0 radical (unpaired) electrons. The third-order valence-electron chi connectivity index (χ3n) is 4.76. The van der Waals surface area contributed by atoms with Crippen molar-refractivity contribution in [2.75, 3.05) is 13.1 Å². The molecule has 1 saturated heterocycles. The van der Waals surface area contributed by atoms with Crippen molar-refractivity contribution in [3.05, 3.63) is 66.4 Å². The van der Waals surface area contributed by atoms with Gasteiger partial charge in [-0.3, -0.25) is 9.69 Å². The molecular weight excluding hydrogens is 352 g/mol. The Morgan fingerprint density at radius 3 is 2.38 bits per heavy atom. The van der Waals surface area contributed by atoms with Crippen LogP contribution >= 0.6 is 0 Å². The largest absolute Gasteiger partial charge is 0.481 e. The lowest BCUT2D eigenvalue weighted by molar-refractivity contribution is -0.147. The minimum Gasteiger partial charge on any atom is -0.481 e. The number of carbonyl (C=O) groups is 1. The lowest BCUT2D eigenvalue weighted by Gasteiger charge is -2.36. The Bertz CT molecular complexity index is 1070. The average Bonchev–Trinajstić information content (AvgIpc) is 2.97. The Morgan fingerprint density at radius 1 is 1.04 bits per heavy atom. The first-order chi connectivity index (χ1) is 12.5. The molecule has 0 unspecified atom stereocenters. The van der Waals surface area contributed by atoms with E-state index in [2.05, 4.69) is 0 Å². The van der Waals surface area contributed by atoms with Gasteiger partial charge in [-0.1, -0.05) is 36.4 Å². The van der Waals surface area contributed by atoms with Crippen LogP contribution in [0.4, 0.5) is 0 Å². The Kier molecular flexibility index (Phi) is 4.05. The highest BCUT2D eigenvalue weighted by Gasteiger charge is 2.33. The zero-order valence-corrected chi connectivity index (χ0v) is 14.8. The van der Waals surface area contributed by atoms with Crippen LogP contribution in [0.1, 0.15) is 5.56 Å². The molecule has 0 bridgehead atoms. The third kappa shape index (κ3) is 2.79. The van der Waals surface area contributed by atoms with Crippen LogP contribution in [-0.2, 0) is 21.4 Å². The van der Waals surface area contributed by atoms with Crippen molar-refractivity contribution in [3.8, 4) is 0 Å². The number of hydrogen-bond donors (Lipinski definition) is 1. The Hall–Kier alpha value is -2.64. The third-order valence-corrected chi connectivity index (χ3v) is 6.45. The number of aliphatic carboxylic acids is 1. The van der Waals surface area contributed by atoms with E-state index >= 15 is 0 Å². The second-order valence-corrected chi connectivity index (χ2v) is 8.33. The molecule has 3 aromatic rings. The molecule has 1 fully saturated rings. The van der Waals surface area contributed by atoms with Crippen molar-refractivity contribution in [1.82, 2.24) is 8.87 Å². The number of hydrogen-bond acceptors (Lipinski definition) is 4.